The summed E-state index contributed by atoms with van der Waals surface area (Å²) in [5, 5.41) is 0. The Morgan fingerprint density at radius 2 is 1.82 bits per heavy atom. The van der Waals surface area contributed by atoms with Crippen molar-refractivity contribution in [3.63, 3.8) is 0 Å². The number of hydrogen-bond donors (Lipinski definition) is 0. The average Bonchev–Trinajstić information content (AvgIpc) is 2.08. The lowest BCUT2D eigenvalue weighted by Crippen LogP contribution is -2.01. The summed E-state index contributed by atoms with van der Waals surface area (Å²) in [6.45, 7) is 7.58. The molecule has 0 spiro atoms. The predicted molar refractivity (Wildman–Crippen MR) is 47.5 cm³/mol. The van der Waals surface area contributed by atoms with E-state index in [1.54, 1.807) is 14.0 Å². The van der Waals surface area contributed by atoms with E-state index < -0.39 is 0 Å². The molecule has 0 bridgehead atoms. The lowest BCUT2D eigenvalue weighted by molar-refractivity contribution is 0.0877. The summed E-state index contributed by atoms with van der Waals surface area (Å²) in [5.74, 6) is 5.51. The molecule has 0 saturated heterocycles. The second-order valence-corrected chi connectivity index (χ2v) is 1.47. The third-order valence-electron chi connectivity index (χ3n) is 0.783. The molecule has 0 unspecified atom stereocenters. The smallest absolute Gasteiger partial charge is 0.107 e. The molecule has 0 aromatic heterocycles. The maximum absolute atomic E-state index is 5.02. The van der Waals surface area contributed by atoms with Crippen LogP contribution >= 0.6 is 0 Å². The second kappa shape index (κ2) is 16.2. The lowest BCUT2D eigenvalue weighted by Gasteiger charge is -1.95. The zero-order chi connectivity index (χ0) is 8.95. The van der Waals surface area contributed by atoms with E-state index in [0.29, 0.717) is 19.8 Å². The van der Waals surface area contributed by atoms with Gasteiger partial charge in [-0.25, -0.2) is 0 Å². The van der Waals surface area contributed by atoms with Crippen LogP contribution in [-0.2, 0) is 9.47 Å². The van der Waals surface area contributed by atoms with Gasteiger partial charge in [-0.15, -0.1) is 5.92 Å². The fourth-order valence-electron chi connectivity index (χ4n) is 0.338. The molecule has 0 aromatic carbocycles. The molecule has 0 aliphatic carbocycles. The maximum atomic E-state index is 5.02. The Morgan fingerprint density at radius 1 is 1.18 bits per heavy atom. The first-order valence-corrected chi connectivity index (χ1v) is 3.88. The first-order chi connectivity index (χ1) is 5.41. The van der Waals surface area contributed by atoms with Gasteiger partial charge < -0.3 is 9.47 Å². The maximum Gasteiger partial charge on any atom is 0.107 e. The van der Waals surface area contributed by atoms with E-state index in [9.17, 15) is 0 Å². The van der Waals surface area contributed by atoms with Crippen molar-refractivity contribution in [2.45, 2.75) is 20.8 Å². The SMILES string of the molecule is CC.CC#CCOCCOC. The van der Waals surface area contributed by atoms with E-state index in [4.69, 9.17) is 9.47 Å². The normalized spacial score (nSPS) is 7.27. The molecule has 0 aliphatic heterocycles. The molecule has 0 aliphatic rings. The quantitative estimate of drug-likeness (QED) is 0.458. The van der Waals surface area contributed by atoms with Crippen molar-refractivity contribution in [1.29, 1.82) is 0 Å². The third-order valence-corrected chi connectivity index (χ3v) is 0.783. The van der Waals surface area contributed by atoms with Gasteiger partial charge in [0.1, 0.15) is 6.61 Å². The number of ether oxygens (including phenoxy) is 2. The van der Waals surface area contributed by atoms with E-state index in [1.165, 1.54) is 0 Å². The summed E-state index contributed by atoms with van der Waals surface area (Å²) < 4.78 is 9.76. The Hall–Kier alpha value is -0.520. The van der Waals surface area contributed by atoms with E-state index in [1.807, 2.05) is 13.8 Å². The van der Waals surface area contributed by atoms with E-state index >= 15 is 0 Å². The van der Waals surface area contributed by atoms with Crippen LogP contribution in [0.2, 0.25) is 0 Å². The van der Waals surface area contributed by atoms with Gasteiger partial charge in [0, 0.05) is 7.11 Å². The minimum Gasteiger partial charge on any atom is -0.382 e. The molecule has 2 nitrogen and oxygen atoms in total. The first-order valence-electron chi connectivity index (χ1n) is 3.88. The van der Waals surface area contributed by atoms with E-state index in [2.05, 4.69) is 11.8 Å². The summed E-state index contributed by atoms with van der Waals surface area (Å²) >= 11 is 0. The highest BCUT2D eigenvalue weighted by molar-refractivity contribution is 4.94. The van der Waals surface area contributed by atoms with Gasteiger partial charge in [-0.3, -0.25) is 0 Å². The molecular weight excluding hydrogens is 140 g/mol. The molecule has 0 saturated carbocycles. The Kier molecular flexibility index (Phi) is 19.3. The minimum absolute atomic E-state index is 0.514. The molecule has 0 amide bonds. The second-order valence-electron chi connectivity index (χ2n) is 1.47. The van der Waals surface area contributed by atoms with Crippen LogP contribution in [0.15, 0.2) is 0 Å². The van der Waals surface area contributed by atoms with Crippen LogP contribution in [0.25, 0.3) is 0 Å². The van der Waals surface area contributed by atoms with Crippen LogP contribution in [0.4, 0.5) is 0 Å². The highest BCUT2D eigenvalue weighted by atomic mass is 16.5. The molecule has 11 heavy (non-hydrogen) atoms. The largest absolute Gasteiger partial charge is 0.382 e. The van der Waals surface area contributed by atoms with Crippen molar-refractivity contribution in [2.75, 3.05) is 26.9 Å². The molecule has 0 fully saturated rings. The predicted octanol–water partition coefficient (Wildman–Crippen LogP) is 1.70. The molecule has 0 atom stereocenters. The molecular formula is C9H18O2. The average molecular weight is 158 g/mol. The van der Waals surface area contributed by atoms with Crippen molar-refractivity contribution in [3.05, 3.63) is 0 Å². The van der Waals surface area contributed by atoms with Crippen molar-refractivity contribution in [1.82, 2.24) is 0 Å². The van der Waals surface area contributed by atoms with Gasteiger partial charge in [-0.2, -0.15) is 0 Å². The Morgan fingerprint density at radius 3 is 2.27 bits per heavy atom. The lowest BCUT2D eigenvalue weighted by atomic mass is 10.6. The van der Waals surface area contributed by atoms with Crippen LogP contribution in [0, 0.1) is 11.8 Å². The summed E-state index contributed by atoms with van der Waals surface area (Å²) in [6.07, 6.45) is 0. The summed E-state index contributed by atoms with van der Waals surface area (Å²) in [7, 11) is 1.65. The fraction of sp³-hybridized carbons (Fsp3) is 0.778. The number of rotatable bonds is 4. The summed E-state index contributed by atoms with van der Waals surface area (Å²) in [4.78, 5) is 0. The van der Waals surface area contributed by atoms with E-state index in [-0.39, 0.29) is 0 Å². The van der Waals surface area contributed by atoms with E-state index in [0.717, 1.165) is 0 Å². The standard InChI is InChI=1S/C7H12O2.C2H6/c1-3-4-5-9-7-6-8-2;1-2/h5-7H2,1-2H3;1-2H3. The molecule has 0 radical (unpaired) electrons. The van der Waals surface area contributed by atoms with Gasteiger partial charge in [-0.05, 0) is 6.92 Å². The van der Waals surface area contributed by atoms with Crippen molar-refractivity contribution < 1.29 is 9.47 Å². The fourth-order valence-corrected chi connectivity index (χ4v) is 0.338. The van der Waals surface area contributed by atoms with Crippen LogP contribution in [0.5, 0.6) is 0 Å². The van der Waals surface area contributed by atoms with Gasteiger partial charge in [0.25, 0.3) is 0 Å². The zero-order valence-electron chi connectivity index (χ0n) is 7.94. The highest BCUT2D eigenvalue weighted by Gasteiger charge is 1.80. The van der Waals surface area contributed by atoms with Crippen LogP contribution in [0.1, 0.15) is 20.8 Å². The third kappa shape index (κ3) is 17.7. The molecule has 0 rings (SSSR count). The Balaban J connectivity index is 0. The van der Waals surface area contributed by atoms with Gasteiger partial charge in [0.2, 0.25) is 0 Å². The molecule has 66 valence electrons. The van der Waals surface area contributed by atoms with Crippen molar-refractivity contribution >= 4 is 0 Å². The summed E-state index contributed by atoms with van der Waals surface area (Å²) in [6, 6.07) is 0. The van der Waals surface area contributed by atoms with Crippen LogP contribution in [-0.4, -0.2) is 26.9 Å². The van der Waals surface area contributed by atoms with Gasteiger partial charge in [-0.1, -0.05) is 19.8 Å². The highest BCUT2D eigenvalue weighted by Crippen LogP contribution is 1.72. The minimum atomic E-state index is 0.514. The first kappa shape index (κ1) is 13.1. The monoisotopic (exact) mass is 158 g/mol. The molecule has 2 heteroatoms. The Bertz CT molecular complexity index is 99.9. The van der Waals surface area contributed by atoms with Crippen molar-refractivity contribution in [2.24, 2.45) is 0 Å². The van der Waals surface area contributed by atoms with Crippen LogP contribution < -0.4 is 0 Å². The van der Waals surface area contributed by atoms with Gasteiger partial charge >= 0.3 is 0 Å². The number of hydrogen-bond acceptors (Lipinski definition) is 2. The number of methoxy groups -OCH3 is 1. The molecule has 0 N–H and O–H groups in total. The van der Waals surface area contributed by atoms with Crippen molar-refractivity contribution in [3.8, 4) is 11.8 Å². The summed E-state index contributed by atoms with van der Waals surface area (Å²) in [5.41, 5.74) is 0. The molecule has 0 aromatic rings. The van der Waals surface area contributed by atoms with Crippen LogP contribution in [0.3, 0.4) is 0 Å². The van der Waals surface area contributed by atoms with Gasteiger partial charge in [0.15, 0.2) is 0 Å². The van der Waals surface area contributed by atoms with Gasteiger partial charge in [0.05, 0.1) is 13.2 Å². The zero-order valence-corrected chi connectivity index (χ0v) is 7.94. The Labute approximate surface area is 69.9 Å². The topological polar surface area (TPSA) is 18.5 Å². The molecule has 0 heterocycles.